The average molecular weight is 299 g/mol. The van der Waals surface area contributed by atoms with Crippen molar-refractivity contribution in [3.63, 3.8) is 0 Å². The number of imidazole rings is 1. The maximum Gasteiger partial charge on any atom is 0.228 e. The summed E-state index contributed by atoms with van der Waals surface area (Å²) in [7, 11) is 0. The number of para-hydroxylation sites is 1. The first kappa shape index (κ1) is 14.6. The zero-order valence-corrected chi connectivity index (χ0v) is 13.0. The third-order valence-corrected chi connectivity index (χ3v) is 3.65. The number of nitrogen functional groups attached to an aromatic ring is 1. The Kier molecular flexibility index (Phi) is 4.11. The van der Waals surface area contributed by atoms with Crippen LogP contribution in [0.5, 0.6) is 0 Å². The molecule has 0 saturated heterocycles. The number of nitrogens with one attached hydrogen (secondary N) is 1. The Morgan fingerprint density at radius 2 is 2.05 bits per heavy atom. The van der Waals surface area contributed by atoms with Gasteiger partial charge in [-0.25, -0.2) is 15.4 Å². The van der Waals surface area contributed by atoms with E-state index < -0.39 is 0 Å². The van der Waals surface area contributed by atoms with Gasteiger partial charge in [0.15, 0.2) is 5.82 Å². The number of unbranched alkanes of at least 4 members (excludes halogenated alkanes) is 1. The molecule has 3 rings (SSSR count). The van der Waals surface area contributed by atoms with Gasteiger partial charge in [0.1, 0.15) is 5.52 Å². The number of aryl methyl sites for hydroxylation is 1. The van der Waals surface area contributed by atoms with E-state index in [1.807, 2.05) is 25.1 Å². The van der Waals surface area contributed by atoms with E-state index in [-0.39, 0.29) is 0 Å². The van der Waals surface area contributed by atoms with Gasteiger partial charge in [0.05, 0.1) is 17.6 Å². The number of hydrogen-bond donors (Lipinski definition) is 2. The van der Waals surface area contributed by atoms with Gasteiger partial charge in [-0.15, -0.1) is 0 Å². The van der Waals surface area contributed by atoms with E-state index in [2.05, 4.69) is 33.0 Å². The molecule has 0 unspecified atom stereocenters. The maximum absolute atomic E-state index is 6.11. The monoisotopic (exact) mass is 299 g/mol. The molecule has 0 aliphatic heterocycles. The molecule has 0 amide bonds. The Balaban J connectivity index is 2.27. The topological polar surface area (TPSA) is 78.0 Å². The molecule has 0 atom stereocenters. The van der Waals surface area contributed by atoms with Gasteiger partial charge in [0, 0.05) is 11.9 Å². The number of pyridine rings is 1. The standard InChI is InChI=1S/C16H21N5O/c1-3-5-10-21-14-11-8-6-7-9-12(11)18-15(17)13(14)19-16(21)20-22-4-2/h6-9H,3-5,10H2,1-2H3,(H2,17,18)(H,19,20). The fourth-order valence-corrected chi connectivity index (χ4v) is 2.61. The normalized spacial score (nSPS) is 11.4. The summed E-state index contributed by atoms with van der Waals surface area (Å²) in [6, 6.07) is 8.00. The SMILES string of the molecule is CCCCn1c(NOCC)nc2c(N)nc3ccccc3c21. The van der Waals surface area contributed by atoms with Crippen LogP contribution in [-0.4, -0.2) is 21.1 Å². The van der Waals surface area contributed by atoms with E-state index >= 15 is 0 Å². The molecule has 0 aliphatic carbocycles. The highest BCUT2D eigenvalue weighted by Gasteiger charge is 2.16. The minimum atomic E-state index is 0.448. The highest BCUT2D eigenvalue weighted by Crippen LogP contribution is 2.30. The summed E-state index contributed by atoms with van der Waals surface area (Å²) in [5, 5.41) is 1.06. The Morgan fingerprint density at radius 1 is 1.23 bits per heavy atom. The highest BCUT2D eigenvalue weighted by atomic mass is 16.6. The summed E-state index contributed by atoms with van der Waals surface area (Å²) >= 11 is 0. The second-order valence-corrected chi connectivity index (χ2v) is 5.19. The molecule has 3 N–H and O–H groups in total. The molecule has 2 heterocycles. The van der Waals surface area contributed by atoms with Crippen LogP contribution in [0.2, 0.25) is 0 Å². The van der Waals surface area contributed by atoms with Gasteiger partial charge in [-0.05, 0) is 19.4 Å². The van der Waals surface area contributed by atoms with Crippen LogP contribution in [-0.2, 0) is 11.4 Å². The molecular weight excluding hydrogens is 278 g/mol. The number of aromatic nitrogens is 3. The van der Waals surface area contributed by atoms with Crippen molar-refractivity contribution in [1.82, 2.24) is 14.5 Å². The zero-order chi connectivity index (χ0) is 15.5. The third-order valence-electron chi connectivity index (χ3n) is 3.65. The number of nitrogens with zero attached hydrogens (tertiary/aromatic N) is 3. The van der Waals surface area contributed by atoms with Crippen LogP contribution < -0.4 is 11.2 Å². The van der Waals surface area contributed by atoms with Crippen LogP contribution in [0, 0.1) is 0 Å². The molecule has 3 aromatic rings. The zero-order valence-electron chi connectivity index (χ0n) is 13.0. The van der Waals surface area contributed by atoms with Crippen LogP contribution in [0.4, 0.5) is 11.8 Å². The lowest BCUT2D eigenvalue weighted by atomic mass is 10.2. The number of rotatable bonds is 6. The Labute approximate surface area is 129 Å². The molecule has 0 saturated carbocycles. The Hall–Kier alpha value is -2.34. The van der Waals surface area contributed by atoms with Crippen molar-refractivity contribution in [3.8, 4) is 0 Å². The Morgan fingerprint density at radius 3 is 2.82 bits per heavy atom. The van der Waals surface area contributed by atoms with Crippen LogP contribution in [0.1, 0.15) is 26.7 Å². The lowest BCUT2D eigenvalue weighted by Gasteiger charge is -2.10. The van der Waals surface area contributed by atoms with Crippen LogP contribution in [0.3, 0.4) is 0 Å². The molecule has 2 aromatic heterocycles. The first-order valence-electron chi connectivity index (χ1n) is 7.68. The van der Waals surface area contributed by atoms with Gasteiger partial charge in [-0.1, -0.05) is 31.5 Å². The van der Waals surface area contributed by atoms with E-state index in [0.29, 0.717) is 18.4 Å². The van der Waals surface area contributed by atoms with Gasteiger partial charge < -0.3 is 10.3 Å². The lowest BCUT2D eigenvalue weighted by molar-refractivity contribution is 0.206. The van der Waals surface area contributed by atoms with E-state index in [4.69, 9.17) is 10.6 Å². The molecule has 6 heteroatoms. The molecule has 0 fully saturated rings. The summed E-state index contributed by atoms with van der Waals surface area (Å²) in [5.74, 6) is 1.12. The molecule has 0 radical (unpaired) electrons. The van der Waals surface area contributed by atoms with Gasteiger partial charge in [0.2, 0.25) is 5.95 Å². The highest BCUT2D eigenvalue weighted by molar-refractivity contribution is 6.07. The summed E-state index contributed by atoms with van der Waals surface area (Å²) in [6.45, 7) is 5.52. The third kappa shape index (κ3) is 2.46. The van der Waals surface area contributed by atoms with Gasteiger partial charge in [0.25, 0.3) is 0 Å². The van der Waals surface area contributed by atoms with Crippen LogP contribution in [0.15, 0.2) is 24.3 Å². The minimum absolute atomic E-state index is 0.448. The van der Waals surface area contributed by atoms with E-state index in [0.717, 1.165) is 41.3 Å². The number of nitrogens with two attached hydrogens (primary N) is 1. The Bertz CT molecular complexity index is 796. The van der Waals surface area contributed by atoms with Gasteiger partial charge in [-0.3, -0.25) is 4.84 Å². The van der Waals surface area contributed by atoms with E-state index in [1.165, 1.54) is 0 Å². The molecule has 22 heavy (non-hydrogen) atoms. The molecule has 0 aliphatic rings. The van der Waals surface area contributed by atoms with Crippen molar-refractivity contribution in [2.45, 2.75) is 33.2 Å². The quantitative estimate of drug-likeness (QED) is 0.683. The number of fused-ring (bicyclic) bond motifs is 3. The van der Waals surface area contributed by atoms with Crippen LogP contribution >= 0.6 is 0 Å². The lowest BCUT2D eigenvalue weighted by Crippen LogP contribution is -2.08. The van der Waals surface area contributed by atoms with Crippen molar-refractivity contribution in [2.24, 2.45) is 0 Å². The molecule has 0 spiro atoms. The van der Waals surface area contributed by atoms with Crippen molar-refractivity contribution in [1.29, 1.82) is 0 Å². The number of hydrogen-bond acceptors (Lipinski definition) is 5. The second-order valence-electron chi connectivity index (χ2n) is 5.19. The predicted molar refractivity (Wildman–Crippen MR) is 89.6 cm³/mol. The molecule has 116 valence electrons. The van der Waals surface area contributed by atoms with Crippen molar-refractivity contribution >= 4 is 33.7 Å². The maximum atomic E-state index is 6.11. The van der Waals surface area contributed by atoms with Crippen LogP contribution in [0.25, 0.3) is 21.9 Å². The van der Waals surface area contributed by atoms with Crippen molar-refractivity contribution < 1.29 is 4.84 Å². The first-order chi connectivity index (χ1) is 10.8. The molecule has 0 bridgehead atoms. The molecule has 6 nitrogen and oxygen atoms in total. The van der Waals surface area contributed by atoms with Gasteiger partial charge in [-0.2, -0.15) is 0 Å². The molecular formula is C16H21N5O. The smallest absolute Gasteiger partial charge is 0.228 e. The summed E-state index contributed by atoms with van der Waals surface area (Å²) in [4.78, 5) is 14.4. The summed E-state index contributed by atoms with van der Waals surface area (Å²) in [6.07, 6.45) is 2.16. The minimum Gasteiger partial charge on any atom is -0.382 e. The average Bonchev–Trinajstić information content (AvgIpc) is 2.90. The van der Waals surface area contributed by atoms with E-state index in [1.54, 1.807) is 0 Å². The first-order valence-corrected chi connectivity index (χ1v) is 7.68. The second kappa shape index (κ2) is 6.19. The fourth-order valence-electron chi connectivity index (χ4n) is 2.61. The number of benzene rings is 1. The fraction of sp³-hybridized carbons (Fsp3) is 0.375. The van der Waals surface area contributed by atoms with Crippen molar-refractivity contribution in [2.75, 3.05) is 17.8 Å². The number of anilines is 2. The van der Waals surface area contributed by atoms with E-state index in [9.17, 15) is 0 Å². The summed E-state index contributed by atoms with van der Waals surface area (Å²) < 4.78 is 2.13. The van der Waals surface area contributed by atoms with Crippen molar-refractivity contribution in [3.05, 3.63) is 24.3 Å². The summed E-state index contributed by atoms with van der Waals surface area (Å²) in [5.41, 5.74) is 11.6. The van der Waals surface area contributed by atoms with Gasteiger partial charge >= 0.3 is 0 Å². The predicted octanol–water partition coefficient (Wildman–Crippen LogP) is 3.33. The largest absolute Gasteiger partial charge is 0.382 e. The molecule has 1 aromatic carbocycles.